The standard InChI is InChI=1S/C6H4S4.Zn/c1-2-8-5(7-1)6-9-3-4-10-6;/h1-4H;. The van der Waals surface area contributed by atoms with Gasteiger partial charge in [-0.05, 0) is 21.6 Å². The summed E-state index contributed by atoms with van der Waals surface area (Å²) < 4.78 is 2.86. The molecule has 0 aromatic carbocycles. The van der Waals surface area contributed by atoms with Gasteiger partial charge in [-0.25, -0.2) is 0 Å². The second-order valence-electron chi connectivity index (χ2n) is 1.59. The average molecular weight is 270 g/mol. The summed E-state index contributed by atoms with van der Waals surface area (Å²) in [6.07, 6.45) is 0. The molecule has 0 aliphatic carbocycles. The average Bonchev–Trinajstić information content (AvgIpc) is 2.59. The molecule has 0 spiro atoms. The molecule has 11 heavy (non-hydrogen) atoms. The third-order valence-corrected chi connectivity index (χ3v) is 5.76. The van der Waals surface area contributed by atoms with Crippen LogP contribution in [0.2, 0.25) is 0 Å². The molecular formula is C6H4S4Zn. The van der Waals surface area contributed by atoms with Gasteiger partial charge in [0, 0.05) is 19.5 Å². The van der Waals surface area contributed by atoms with Gasteiger partial charge in [-0.1, -0.05) is 47.0 Å². The van der Waals surface area contributed by atoms with Crippen molar-refractivity contribution in [1.82, 2.24) is 0 Å². The van der Waals surface area contributed by atoms with Crippen molar-refractivity contribution in [3.05, 3.63) is 30.1 Å². The van der Waals surface area contributed by atoms with Gasteiger partial charge in [0.2, 0.25) is 0 Å². The van der Waals surface area contributed by atoms with Gasteiger partial charge in [0.05, 0.1) is 8.47 Å². The van der Waals surface area contributed by atoms with E-state index in [-0.39, 0.29) is 19.5 Å². The van der Waals surface area contributed by atoms with Gasteiger partial charge in [-0.15, -0.1) is 0 Å². The second kappa shape index (κ2) is 5.08. The molecule has 2 heterocycles. The normalized spacial score (nSPS) is 21.1. The molecule has 2 aliphatic heterocycles. The Morgan fingerprint density at radius 1 is 0.636 bits per heavy atom. The molecule has 0 saturated carbocycles. The van der Waals surface area contributed by atoms with E-state index in [0.29, 0.717) is 0 Å². The predicted octanol–water partition coefficient (Wildman–Crippen LogP) is 4.01. The van der Waals surface area contributed by atoms with Gasteiger partial charge in [-0.3, -0.25) is 0 Å². The molecule has 54 valence electrons. The Kier molecular flexibility index (Phi) is 4.77. The first-order valence-electron chi connectivity index (χ1n) is 2.68. The third-order valence-electron chi connectivity index (χ3n) is 0.978. The minimum absolute atomic E-state index is 0. The zero-order valence-electron chi connectivity index (χ0n) is 5.65. The van der Waals surface area contributed by atoms with Crippen molar-refractivity contribution in [2.75, 3.05) is 0 Å². The van der Waals surface area contributed by atoms with Gasteiger partial charge < -0.3 is 0 Å². The van der Waals surface area contributed by atoms with E-state index in [4.69, 9.17) is 0 Å². The Balaban J connectivity index is 0.000000605. The quantitative estimate of drug-likeness (QED) is 0.609. The van der Waals surface area contributed by atoms with E-state index in [0.717, 1.165) is 0 Å². The maximum Gasteiger partial charge on any atom is 0.0694 e. The fraction of sp³-hybridized carbons (Fsp3) is 0. The van der Waals surface area contributed by atoms with Crippen LogP contribution in [0.5, 0.6) is 0 Å². The molecule has 0 unspecified atom stereocenters. The van der Waals surface area contributed by atoms with Crippen LogP contribution in [0.1, 0.15) is 0 Å². The zero-order valence-corrected chi connectivity index (χ0v) is 11.9. The summed E-state index contributed by atoms with van der Waals surface area (Å²) in [5.74, 6) is 0. The molecule has 0 aromatic heterocycles. The Labute approximate surface area is 95.9 Å². The van der Waals surface area contributed by atoms with E-state index < -0.39 is 0 Å². The second-order valence-corrected chi connectivity index (χ2v) is 5.77. The SMILES string of the molecule is C1=CSC(=C2SC=CS2)S1.[Zn]. The van der Waals surface area contributed by atoms with Crippen LogP contribution in [0.25, 0.3) is 0 Å². The molecule has 0 atom stereocenters. The Morgan fingerprint density at radius 3 is 1.18 bits per heavy atom. The summed E-state index contributed by atoms with van der Waals surface area (Å²) in [6.45, 7) is 0. The number of rotatable bonds is 0. The molecule has 0 radical (unpaired) electrons. The van der Waals surface area contributed by atoms with Gasteiger partial charge in [0.1, 0.15) is 0 Å². The smallest absolute Gasteiger partial charge is 0.0694 e. The van der Waals surface area contributed by atoms with Crippen molar-refractivity contribution in [2.24, 2.45) is 0 Å². The summed E-state index contributed by atoms with van der Waals surface area (Å²) in [7, 11) is 0. The Hall–Kier alpha value is 1.24. The zero-order chi connectivity index (χ0) is 6.81. The summed E-state index contributed by atoms with van der Waals surface area (Å²) in [6, 6.07) is 0. The van der Waals surface area contributed by atoms with Crippen LogP contribution < -0.4 is 0 Å². The van der Waals surface area contributed by atoms with Crippen molar-refractivity contribution >= 4 is 47.0 Å². The Morgan fingerprint density at radius 2 is 0.909 bits per heavy atom. The molecular weight excluding hydrogens is 266 g/mol. The van der Waals surface area contributed by atoms with Crippen molar-refractivity contribution in [1.29, 1.82) is 0 Å². The summed E-state index contributed by atoms with van der Waals surface area (Å²) in [5, 5.41) is 8.53. The molecule has 0 saturated heterocycles. The number of hydrogen-bond acceptors (Lipinski definition) is 4. The minimum Gasteiger partial charge on any atom is -0.0884 e. The van der Waals surface area contributed by atoms with Crippen LogP contribution in [0.4, 0.5) is 0 Å². The van der Waals surface area contributed by atoms with Gasteiger partial charge in [-0.2, -0.15) is 0 Å². The first-order chi connectivity index (χ1) is 4.97. The third kappa shape index (κ3) is 2.59. The summed E-state index contributed by atoms with van der Waals surface area (Å²) >= 11 is 7.28. The minimum atomic E-state index is 0. The van der Waals surface area contributed by atoms with Gasteiger partial charge in [0.15, 0.2) is 0 Å². The number of hydrogen-bond donors (Lipinski definition) is 0. The molecule has 0 N–H and O–H groups in total. The first-order valence-corrected chi connectivity index (χ1v) is 6.19. The van der Waals surface area contributed by atoms with Gasteiger partial charge >= 0.3 is 0 Å². The molecule has 0 aromatic rings. The number of thioether (sulfide) groups is 4. The van der Waals surface area contributed by atoms with Crippen molar-refractivity contribution < 1.29 is 19.5 Å². The van der Waals surface area contributed by atoms with Crippen LogP contribution in [-0.4, -0.2) is 0 Å². The van der Waals surface area contributed by atoms with E-state index in [1.54, 1.807) is 0 Å². The summed E-state index contributed by atoms with van der Waals surface area (Å²) in [4.78, 5) is 0. The summed E-state index contributed by atoms with van der Waals surface area (Å²) in [5.41, 5.74) is 0. The molecule has 0 bridgehead atoms. The molecule has 0 nitrogen and oxygen atoms in total. The van der Waals surface area contributed by atoms with Crippen molar-refractivity contribution in [3.63, 3.8) is 0 Å². The predicted molar refractivity (Wildman–Crippen MR) is 55.7 cm³/mol. The Bertz CT molecular complexity index is 187. The van der Waals surface area contributed by atoms with Crippen molar-refractivity contribution in [2.45, 2.75) is 0 Å². The van der Waals surface area contributed by atoms with Crippen LogP contribution in [0, 0.1) is 0 Å². The molecule has 0 amide bonds. The fourth-order valence-corrected chi connectivity index (χ4v) is 4.64. The van der Waals surface area contributed by atoms with E-state index in [1.807, 2.05) is 47.0 Å². The van der Waals surface area contributed by atoms with E-state index >= 15 is 0 Å². The van der Waals surface area contributed by atoms with E-state index in [2.05, 4.69) is 21.6 Å². The largest absolute Gasteiger partial charge is 0.0884 e. The monoisotopic (exact) mass is 268 g/mol. The van der Waals surface area contributed by atoms with Gasteiger partial charge in [0.25, 0.3) is 0 Å². The topological polar surface area (TPSA) is 0 Å². The molecule has 0 fully saturated rings. The van der Waals surface area contributed by atoms with Crippen LogP contribution in [-0.2, 0) is 19.5 Å². The van der Waals surface area contributed by atoms with Crippen LogP contribution in [0.15, 0.2) is 30.1 Å². The maximum atomic E-state index is 2.13. The maximum absolute atomic E-state index is 2.13. The fourth-order valence-electron chi connectivity index (χ4n) is 0.606. The van der Waals surface area contributed by atoms with Crippen LogP contribution in [0.3, 0.4) is 0 Å². The van der Waals surface area contributed by atoms with Crippen LogP contribution >= 0.6 is 47.0 Å². The first kappa shape index (κ1) is 10.3. The van der Waals surface area contributed by atoms with E-state index in [1.165, 1.54) is 8.47 Å². The van der Waals surface area contributed by atoms with Crippen molar-refractivity contribution in [3.8, 4) is 0 Å². The van der Waals surface area contributed by atoms with E-state index in [9.17, 15) is 0 Å². The molecule has 2 aliphatic rings. The molecule has 5 heteroatoms. The molecule has 2 rings (SSSR count).